The highest BCUT2D eigenvalue weighted by Gasteiger charge is 2.50. The summed E-state index contributed by atoms with van der Waals surface area (Å²) < 4.78 is 27.6. The molecule has 0 unspecified atom stereocenters. The number of para-hydroxylation sites is 1. The monoisotopic (exact) mass is 623 g/mol. The van der Waals surface area contributed by atoms with Crippen LogP contribution in [0.4, 0.5) is 10.1 Å². The van der Waals surface area contributed by atoms with E-state index < -0.39 is 8.32 Å². The van der Waals surface area contributed by atoms with Crippen LogP contribution in [0, 0.1) is 11.7 Å². The second-order valence-electron chi connectivity index (χ2n) is 11.9. The molecule has 40 heavy (non-hydrogen) atoms. The zero-order valence-corrected chi connectivity index (χ0v) is 26.6. The standard InChI is InChI=1S/C33H39BrFNO3Si/c1-7-21-38-30-22-24(34)15-18-27(30)31-28(32(37)36(31)26-11-9-8-10-12-26)19-20-29(23-13-16-25(35)17-14-23)39-40(5,6)33(2,3)4/h7-18,22,28-29,31H,1,19-21H2,2-6H3/t28-,29+,31-/m1/s1. The van der Waals surface area contributed by atoms with Gasteiger partial charge in [-0.2, -0.15) is 0 Å². The fourth-order valence-corrected chi connectivity index (χ4v) is 6.58. The Labute approximate surface area is 247 Å². The van der Waals surface area contributed by atoms with Crippen LogP contribution in [0.2, 0.25) is 18.1 Å². The Kier molecular flexibility index (Phi) is 9.38. The van der Waals surface area contributed by atoms with Crippen molar-refractivity contribution in [3.05, 3.63) is 107 Å². The van der Waals surface area contributed by atoms with Crippen LogP contribution in [-0.2, 0) is 9.22 Å². The molecule has 0 saturated carbocycles. The van der Waals surface area contributed by atoms with Crippen LogP contribution in [0.1, 0.15) is 56.9 Å². The second kappa shape index (κ2) is 12.4. The lowest BCUT2D eigenvalue weighted by molar-refractivity contribution is -0.131. The van der Waals surface area contributed by atoms with Crippen LogP contribution < -0.4 is 9.64 Å². The minimum Gasteiger partial charge on any atom is -0.489 e. The fraction of sp³-hybridized carbons (Fsp3) is 0.364. The number of amides is 1. The van der Waals surface area contributed by atoms with Crippen LogP contribution in [-0.4, -0.2) is 20.8 Å². The lowest BCUT2D eigenvalue weighted by atomic mass is 9.78. The highest BCUT2D eigenvalue weighted by molar-refractivity contribution is 9.10. The SMILES string of the molecule is C=CCOc1cc(Br)ccc1[C@@H]1[C@@H](CC[C@H](O[Si](C)(C)C(C)(C)C)c2ccc(F)cc2)C(=O)N1c1ccccc1. The molecule has 212 valence electrons. The quantitative estimate of drug-likeness (QED) is 0.121. The van der Waals surface area contributed by atoms with Crippen molar-refractivity contribution in [1.82, 2.24) is 0 Å². The van der Waals surface area contributed by atoms with Gasteiger partial charge in [0.1, 0.15) is 18.2 Å². The fourth-order valence-electron chi connectivity index (χ4n) is 4.92. The summed E-state index contributed by atoms with van der Waals surface area (Å²) in [6.07, 6.45) is 2.75. The van der Waals surface area contributed by atoms with Gasteiger partial charge in [0.25, 0.3) is 0 Å². The largest absolute Gasteiger partial charge is 0.489 e. The maximum Gasteiger partial charge on any atom is 0.233 e. The Morgan fingerprint density at radius 1 is 1.07 bits per heavy atom. The van der Waals surface area contributed by atoms with Crippen LogP contribution in [0.25, 0.3) is 0 Å². The third-order valence-corrected chi connectivity index (χ3v) is 13.1. The molecule has 1 amide bonds. The average molecular weight is 625 g/mol. The second-order valence-corrected chi connectivity index (χ2v) is 17.5. The van der Waals surface area contributed by atoms with E-state index in [9.17, 15) is 9.18 Å². The van der Waals surface area contributed by atoms with E-state index in [4.69, 9.17) is 9.16 Å². The molecule has 1 fully saturated rings. The first-order valence-electron chi connectivity index (χ1n) is 13.8. The van der Waals surface area contributed by atoms with Gasteiger partial charge < -0.3 is 14.1 Å². The van der Waals surface area contributed by atoms with E-state index in [-0.39, 0.29) is 34.8 Å². The van der Waals surface area contributed by atoms with Gasteiger partial charge in [-0.1, -0.05) is 85.8 Å². The number of hydrogen-bond acceptors (Lipinski definition) is 3. The molecule has 7 heteroatoms. The van der Waals surface area contributed by atoms with Gasteiger partial charge in [-0.25, -0.2) is 4.39 Å². The minimum atomic E-state index is -2.15. The normalized spacial score (nSPS) is 18.3. The summed E-state index contributed by atoms with van der Waals surface area (Å²) in [7, 11) is -2.15. The smallest absolute Gasteiger partial charge is 0.233 e. The predicted octanol–water partition coefficient (Wildman–Crippen LogP) is 9.40. The number of benzene rings is 3. The predicted molar refractivity (Wildman–Crippen MR) is 167 cm³/mol. The lowest BCUT2D eigenvalue weighted by Gasteiger charge is -2.48. The summed E-state index contributed by atoms with van der Waals surface area (Å²) in [6.45, 7) is 15.2. The first-order chi connectivity index (χ1) is 18.9. The maximum absolute atomic E-state index is 13.8. The van der Waals surface area contributed by atoms with Gasteiger partial charge in [-0.15, -0.1) is 0 Å². The number of carbonyl (C=O) groups is 1. The summed E-state index contributed by atoms with van der Waals surface area (Å²) in [4.78, 5) is 15.6. The van der Waals surface area contributed by atoms with E-state index in [1.54, 1.807) is 18.2 Å². The Morgan fingerprint density at radius 3 is 2.38 bits per heavy atom. The van der Waals surface area contributed by atoms with Gasteiger partial charge in [0.05, 0.1) is 18.1 Å². The molecule has 4 nitrogen and oxygen atoms in total. The van der Waals surface area contributed by atoms with Crippen LogP contribution >= 0.6 is 15.9 Å². The molecule has 0 radical (unpaired) electrons. The topological polar surface area (TPSA) is 38.8 Å². The molecule has 1 aliphatic rings. The number of nitrogens with zero attached hydrogens (tertiary/aromatic N) is 1. The molecule has 3 aromatic carbocycles. The molecule has 1 saturated heterocycles. The molecular weight excluding hydrogens is 585 g/mol. The Hall–Kier alpha value is -2.74. The van der Waals surface area contributed by atoms with Gasteiger partial charge in [0, 0.05) is 15.7 Å². The van der Waals surface area contributed by atoms with E-state index in [1.807, 2.05) is 53.4 Å². The van der Waals surface area contributed by atoms with Gasteiger partial charge in [-0.3, -0.25) is 4.79 Å². The Balaban J connectivity index is 1.67. The first-order valence-corrected chi connectivity index (χ1v) is 17.5. The Bertz CT molecular complexity index is 1320. The van der Waals surface area contributed by atoms with E-state index in [2.05, 4.69) is 56.4 Å². The van der Waals surface area contributed by atoms with E-state index in [0.717, 1.165) is 27.0 Å². The van der Waals surface area contributed by atoms with Crippen molar-refractivity contribution in [2.75, 3.05) is 11.5 Å². The summed E-state index contributed by atoms with van der Waals surface area (Å²) in [6, 6.07) is 22.1. The molecule has 1 aliphatic heterocycles. The van der Waals surface area contributed by atoms with E-state index >= 15 is 0 Å². The highest BCUT2D eigenvalue weighted by Crippen LogP contribution is 2.50. The number of halogens is 2. The molecule has 0 spiro atoms. The van der Waals surface area contributed by atoms with Crippen LogP contribution in [0.5, 0.6) is 5.75 Å². The van der Waals surface area contributed by atoms with Crippen molar-refractivity contribution < 1.29 is 18.3 Å². The molecule has 0 aromatic heterocycles. The summed E-state index contributed by atoms with van der Waals surface area (Å²) in [5.41, 5.74) is 2.76. The number of hydrogen-bond donors (Lipinski definition) is 0. The molecule has 3 atom stereocenters. The number of β-lactam (4-membered cyclic amide) rings is 1. The maximum atomic E-state index is 13.8. The van der Waals surface area contributed by atoms with Crippen LogP contribution in [0.15, 0.2) is 89.9 Å². The third kappa shape index (κ3) is 6.59. The van der Waals surface area contributed by atoms with E-state index in [0.29, 0.717) is 19.4 Å². The molecule has 0 aliphatic carbocycles. The van der Waals surface area contributed by atoms with Gasteiger partial charge in [-0.05, 0) is 72.9 Å². The van der Waals surface area contributed by atoms with E-state index in [1.165, 1.54) is 12.1 Å². The Morgan fingerprint density at radius 2 is 1.75 bits per heavy atom. The van der Waals surface area contributed by atoms with Crippen LogP contribution in [0.3, 0.4) is 0 Å². The third-order valence-electron chi connectivity index (χ3n) is 8.12. The number of ether oxygens (including phenoxy) is 1. The number of carbonyl (C=O) groups excluding carboxylic acids is 1. The van der Waals surface area contributed by atoms with Crippen molar-refractivity contribution in [3.8, 4) is 5.75 Å². The molecule has 1 heterocycles. The lowest BCUT2D eigenvalue weighted by Crippen LogP contribution is -2.55. The zero-order valence-electron chi connectivity index (χ0n) is 24.0. The molecule has 0 bridgehead atoms. The zero-order chi connectivity index (χ0) is 29.1. The summed E-state index contributed by atoms with van der Waals surface area (Å²) in [5, 5.41) is 0.0129. The number of rotatable bonds is 11. The molecule has 3 aromatic rings. The van der Waals surface area contributed by atoms with Crippen molar-refractivity contribution in [1.29, 1.82) is 0 Å². The average Bonchev–Trinajstić information content (AvgIpc) is 2.90. The van der Waals surface area contributed by atoms with Gasteiger partial charge >= 0.3 is 0 Å². The highest BCUT2D eigenvalue weighted by atomic mass is 79.9. The summed E-state index contributed by atoms with van der Waals surface area (Å²) >= 11 is 3.56. The number of anilines is 1. The van der Waals surface area contributed by atoms with Crippen molar-refractivity contribution in [2.24, 2.45) is 5.92 Å². The molecule has 4 rings (SSSR count). The summed E-state index contributed by atoms with van der Waals surface area (Å²) in [5.74, 6) is 0.285. The van der Waals surface area contributed by atoms with Gasteiger partial charge in [0.2, 0.25) is 5.91 Å². The van der Waals surface area contributed by atoms with Crippen molar-refractivity contribution >= 4 is 35.8 Å². The minimum absolute atomic E-state index is 0.0129. The molecule has 0 N–H and O–H groups in total. The van der Waals surface area contributed by atoms with Crippen molar-refractivity contribution in [3.63, 3.8) is 0 Å². The first kappa shape index (κ1) is 30.2. The molecular formula is C33H39BrFNO3Si. The van der Waals surface area contributed by atoms with Gasteiger partial charge in [0.15, 0.2) is 8.32 Å². The van der Waals surface area contributed by atoms with Crippen molar-refractivity contribution in [2.45, 2.75) is 63.9 Å².